The second kappa shape index (κ2) is 8.88. The normalized spacial score (nSPS) is 10.8. The van der Waals surface area contributed by atoms with E-state index in [-0.39, 0.29) is 30.2 Å². The van der Waals surface area contributed by atoms with Gasteiger partial charge in [0.1, 0.15) is 6.61 Å². The van der Waals surface area contributed by atoms with Crippen molar-refractivity contribution in [1.82, 2.24) is 9.88 Å². The highest BCUT2D eigenvalue weighted by Crippen LogP contribution is 2.20. The zero-order chi connectivity index (χ0) is 21.8. The fraction of sp³-hybridized carbons (Fsp3) is 0.154. The van der Waals surface area contributed by atoms with E-state index < -0.39 is 0 Å². The van der Waals surface area contributed by atoms with Gasteiger partial charge in [0.15, 0.2) is 5.75 Å². The molecule has 5 heteroatoms. The van der Waals surface area contributed by atoms with Gasteiger partial charge in [0.2, 0.25) is 5.43 Å². The highest BCUT2D eigenvalue weighted by molar-refractivity contribution is 6.06. The topological polar surface area (TPSA) is 60.3 Å². The van der Waals surface area contributed by atoms with Crippen LogP contribution in [0.25, 0.3) is 10.8 Å². The minimum Gasteiger partial charge on any atom is -0.483 e. The summed E-state index contributed by atoms with van der Waals surface area (Å²) in [5, 5.41) is 4.86. The van der Waals surface area contributed by atoms with Crippen molar-refractivity contribution in [3.63, 3.8) is 0 Å². The number of aromatic nitrogens is 1. The van der Waals surface area contributed by atoms with Gasteiger partial charge in [0.05, 0.1) is 12.2 Å². The fourth-order valence-corrected chi connectivity index (χ4v) is 3.63. The summed E-state index contributed by atoms with van der Waals surface area (Å²) in [6, 6.07) is 24.7. The number of amides is 1. The first-order chi connectivity index (χ1) is 15.0. The minimum atomic E-state index is -0.195. The summed E-state index contributed by atoms with van der Waals surface area (Å²) in [4.78, 5) is 25.6. The number of rotatable bonds is 6. The van der Waals surface area contributed by atoms with Crippen LogP contribution >= 0.6 is 0 Å². The number of carbonyl (C=O) groups excluding carboxylic acids is 1. The molecule has 0 aliphatic heterocycles. The molecule has 0 bridgehead atoms. The zero-order valence-electron chi connectivity index (χ0n) is 17.6. The maximum absolute atomic E-state index is 13.0. The zero-order valence-corrected chi connectivity index (χ0v) is 17.6. The summed E-state index contributed by atoms with van der Waals surface area (Å²) >= 11 is 0. The Hall–Kier alpha value is -3.86. The van der Waals surface area contributed by atoms with Crippen molar-refractivity contribution in [1.29, 1.82) is 0 Å². The van der Waals surface area contributed by atoms with Gasteiger partial charge in [-0.3, -0.25) is 9.59 Å². The van der Waals surface area contributed by atoms with Gasteiger partial charge in [-0.1, -0.05) is 66.7 Å². The molecule has 0 saturated heterocycles. The van der Waals surface area contributed by atoms with Crippen molar-refractivity contribution >= 4 is 16.7 Å². The predicted molar refractivity (Wildman–Crippen MR) is 122 cm³/mol. The summed E-state index contributed by atoms with van der Waals surface area (Å²) in [5.74, 6) is 0.0648. The van der Waals surface area contributed by atoms with Gasteiger partial charge in [-0.25, -0.2) is 0 Å². The lowest BCUT2D eigenvalue weighted by Gasteiger charge is -2.18. The van der Waals surface area contributed by atoms with Gasteiger partial charge in [0.25, 0.3) is 5.91 Å². The number of hydrogen-bond donors (Lipinski definition) is 1. The van der Waals surface area contributed by atoms with E-state index in [1.807, 2.05) is 85.3 Å². The molecular formula is C26H24N2O3. The van der Waals surface area contributed by atoms with Gasteiger partial charge >= 0.3 is 0 Å². The molecule has 0 aliphatic rings. The summed E-state index contributed by atoms with van der Waals surface area (Å²) in [7, 11) is 1.86. The van der Waals surface area contributed by atoms with Crippen LogP contribution in [0.5, 0.6) is 5.75 Å². The molecule has 156 valence electrons. The Morgan fingerprint density at radius 3 is 2.48 bits per heavy atom. The van der Waals surface area contributed by atoms with E-state index in [1.165, 1.54) is 0 Å². The Kier molecular flexibility index (Phi) is 5.85. The third-order valence-electron chi connectivity index (χ3n) is 5.44. The standard InChI is InChI=1S/C26H24N2O3/c1-18-15-24(29)25(31-17-19-9-4-3-5-10-19)23(28(18)2)16-27-26(30)22-14-8-12-20-11-6-7-13-21(20)22/h3-15H,16-17H2,1-2H3,(H,27,30). The first-order valence-corrected chi connectivity index (χ1v) is 10.2. The van der Waals surface area contributed by atoms with Crippen molar-refractivity contribution in [2.24, 2.45) is 7.05 Å². The van der Waals surface area contributed by atoms with Gasteiger partial charge in [-0.15, -0.1) is 0 Å². The summed E-state index contributed by atoms with van der Waals surface area (Å²) < 4.78 is 7.79. The van der Waals surface area contributed by atoms with Gasteiger partial charge in [-0.05, 0) is 29.3 Å². The van der Waals surface area contributed by atoms with Crippen LogP contribution in [0.2, 0.25) is 0 Å². The molecule has 31 heavy (non-hydrogen) atoms. The first-order valence-electron chi connectivity index (χ1n) is 10.2. The van der Waals surface area contributed by atoms with Crippen LogP contribution in [-0.2, 0) is 20.2 Å². The van der Waals surface area contributed by atoms with Crippen LogP contribution in [0.3, 0.4) is 0 Å². The van der Waals surface area contributed by atoms with E-state index in [9.17, 15) is 9.59 Å². The van der Waals surface area contributed by atoms with Gasteiger partial charge in [0, 0.05) is 24.4 Å². The number of pyridine rings is 1. The van der Waals surface area contributed by atoms with Crippen molar-refractivity contribution < 1.29 is 9.53 Å². The number of benzene rings is 3. The quantitative estimate of drug-likeness (QED) is 0.512. The van der Waals surface area contributed by atoms with Gasteiger partial charge < -0.3 is 14.6 Å². The van der Waals surface area contributed by atoms with Crippen LogP contribution in [0.4, 0.5) is 0 Å². The van der Waals surface area contributed by atoms with Gasteiger partial charge in [-0.2, -0.15) is 0 Å². The molecule has 1 heterocycles. The number of nitrogens with zero attached hydrogens (tertiary/aromatic N) is 1. The highest BCUT2D eigenvalue weighted by atomic mass is 16.5. The molecule has 0 radical (unpaired) electrons. The number of fused-ring (bicyclic) bond motifs is 1. The molecule has 1 aromatic heterocycles. The van der Waals surface area contributed by atoms with Crippen LogP contribution in [-0.4, -0.2) is 10.5 Å². The molecule has 4 aromatic rings. The van der Waals surface area contributed by atoms with Crippen molar-refractivity contribution in [2.45, 2.75) is 20.1 Å². The Bertz CT molecular complexity index is 1290. The van der Waals surface area contributed by atoms with E-state index in [2.05, 4.69) is 5.32 Å². The van der Waals surface area contributed by atoms with E-state index >= 15 is 0 Å². The molecule has 3 aromatic carbocycles. The van der Waals surface area contributed by atoms with Crippen molar-refractivity contribution in [2.75, 3.05) is 0 Å². The molecular weight excluding hydrogens is 388 g/mol. The number of aryl methyl sites for hydroxylation is 1. The SMILES string of the molecule is Cc1cc(=O)c(OCc2ccccc2)c(CNC(=O)c2cccc3ccccc23)n1C. The second-order valence-electron chi connectivity index (χ2n) is 7.47. The highest BCUT2D eigenvalue weighted by Gasteiger charge is 2.16. The lowest BCUT2D eigenvalue weighted by molar-refractivity contribution is 0.0951. The van der Waals surface area contributed by atoms with E-state index in [0.29, 0.717) is 11.3 Å². The molecule has 0 saturated carbocycles. The Labute approximate surface area is 180 Å². The summed E-state index contributed by atoms with van der Waals surface area (Å²) in [6.07, 6.45) is 0. The van der Waals surface area contributed by atoms with E-state index in [0.717, 1.165) is 22.0 Å². The minimum absolute atomic E-state index is 0.180. The molecule has 1 amide bonds. The maximum Gasteiger partial charge on any atom is 0.252 e. The van der Waals surface area contributed by atoms with Crippen LogP contribution in [0, 0.1) is 6.92 Å². The number of carbonyl (C=O) groups is 1. The molecule has 0 fully saturated rings. The van der Waals surface area contributed by atoms with E-state index in [4.69, 9.17) is 4.74 Å². The monoisotopic (exact) mass is 412 g/mol. The molecule has 5 nitrogen and oxygen atoms in total. The van der Waals surface area contributed by atoms with Crippen molar-refractivity contribution in [3.8, 4) is 5.75 Å². The van der Waals surface area contributed by atoms with E-state index in [1.54, 1.807) is 12.1 Å². The summed E-state index contributed by atoms with van der Waals surface area (Å²) in [5.41, 5.74) is 2.81. The molecule has 0 aliphatic carbocycles. The largest absolute Gasteiger partial charge is 0.483 e. The number of ether oxygens (including phenoxy) is 1. The van der Waals surface area contributed by atoms with Crippen LogP contribution in [0.15, 0.2) is 83.7 Å². The number of nitrogens with one attached hydrogen (secondary N) is 1. The number of hydrogen-bond acceptors (Lipinski definition) is 3. The Morgan fingerprint density at radius 2 is 1.68 bits per heavy atom. The molecule has 1 N–H and O–H groups in total. The molecule has 0 spiro atoms. The average molecular weight is 412 g/mol. The molecule has 0 unspecified atom stereocenters. The summed E-state index contributed by atoms with van der Waals surface area (Å²) in [6.45, 7) is 2.32. The smallest absolute Gasteiger partial charge is 0.252 e. The second-order valence-corrected chi connectivity index (χ2v) is 7.47. The average Bonchev–Trinajstić information content (AvgIpc) is 2.80. The van der Waals surface area contributed by atoms with Crippen LogP contribution in [0.1, 0.15) is 27.3 Å². The predicted octanol–water partition coefficient (Wildman–Crippen LogP) is 4.36. The first kappa shape index (κ1) is 20.4. The maximum atomic E-state index is 13.0. The third kappa shape index (κ3) is 4.36. The lowest BCUT2D eigenvalue weighted by atomic mass is 10.0. The third-order valence-corrected chi connectivity index (χ3v) is 5.44. The van der Waals surface area contributed by atoms with Crippen LogP contribution < -0.4 is 15.5 Å². The molecule has 4 rings (SSSR count). The van der Waals surface area contributed by atoms with Crippen molar-refractivity contribution in [3.05, 3.63) is 112 Å². The Balaban J connectivity index is 1.60. The molecule has 0 atom stereocenters. The lowest BCUT2D eigenvalue weighted by Crippen LogP contribution is -2.27. The fourth-order valence-electron chi connectivity index (χ4n) is 3.63. The Morgan fingerprint density at radius 1 is 0.968 bits per heavy atom.